The molecular weight excluding hydrogens is 422 g/mol. The predicted molar refractivity (Wildman–Crippen MR) is 114 cm³/mol. The first-order valence-electron chi connectivity index (χ1n) is 9.48. The number of carbonyl (C=O) groups is 2. The molecule has 2 aliphatic heterocycles. The van der Waals surface area contributed by atoms with Gasteiger partial charge in [-0.2, -0.15) is 0 Å². The number of methoxy groups -OCH3 is 1. The lowest BCUT2D eigenvalue weighted by atomic mass is 10.0. The number of hydrogen-bond donors (Lipinski definition) is 1. The minimum Gasteiger partial charge on any atom is -0.497 e. The average molecular weight is 441 g/mol. The highest BCUT2D eigenvalue weighted by Gasteiger charge is 2.40. The Bertz CT molecular complexity index is 1110. The zero-order chi connectivity index (χ0) is 22.0. The predicted octanol–water partition coefficient (Wildman–Crippen LogP) is 4.30. The summed E-state index contributed by atoms with van der Waals surface area (Å²) in [6.45, 7) is 1.30. The Morgan fingerprint density at radius 2 is 2.00 bits per heavy atom. The molecule has 2 aliphatic rings. The van der Waals surface area contributed by atoms with Crippen LogP contribution in [0, 0.1) is 0 Å². The number of carboxylic acids is 1. The molecule has 2 aromatic carbocycles. The Morgan fingerprint density at radius 1 is 1.19 bits per heavy atom. The summed E-state index contributed by atoms with van der Waals surface area (Å²) in [5.74, 6) is -0.237. The fourth-order valence-corrected chi connectivity index (χ4v) is 4.64. The SMILES string of the molecule is CCOC(=O)OC1=NC2C(=C1c1ccc(OC)cc1OCC(=O)O)Sc1ccccc12. The fourth-order valence-electron chi connectivity index (χ4n) is 3.36. The monoisotopic (exact) mass is 441 g/mol. The third kappa shape index (κ3) is 4.09. The van der Waals surface area contributed by atoms with E-state index < -0.39 is 18.7 Å². The molecule has 0 saturated heterocycles. The summed E-state index contributed by atoms with van der Waals surface area (Å²) in [7, 11) is 1.50. The first kappa shape index (κ1) is 20.8. The van der Waals surface area contributed by atoms with Crippen molar-refractivity contribution in [3.8, 4) is 11.5 Å². The molecule has 0 aliphatic carbocycles. The highest BCUT2D eigenvalue weighted by Crippen LogP contribution is 2.56. The molecule has 0 bridgehead atoms. The van der Waals surface area contributed by atoms with Gasteiger partial charge in [0, 0.05) is 21.4 Å². The van der Waals surface area contributed by atoms with E-state index in [1.807, 2.05) is 24.3 Å². The van der Waals surface area contributed by atoms with Gasteiger partial charge in [0.05, 0.1) is 19.3 Å². The Kier molecular flexibility index (Phi) is 5.85. The van der Waals surface area contributed by atoms with Gasteiger partial charge in [0.2, 0.25) is 5.90 Å². The molecule has 9 heteroatoms. The molecule has 2 heterocycles. The van der Waals surface area contributed by atoms with E-state index in [4.69, 9.17) is 24.1 Å². The molecule has 0 amide bonds. The number of carbonyl (C=O) groups excluding carboxylic acids is 1. The number of rotatable bonds is 6. The molecule has 0 saturated carbocycles. The van der Waals surface area contributed by atoms with E-state index in [1.165, 1.54) is 18.9 Å². The van der Waals surface area contributed by atoms with Gasteiger partial charge in [-0.15, -0.1) is 0 Å². The molecule has 0 spiro atoms. The Balaban J connectivity index is 1.82. The molecular formula is C22H19NO7S. The maximum absolute atomic E-state index is 12.1. The lowest BCUT2D eigenvalue weighted by Crippen LogP contribution is -2.16. The number of aliphatic imine (C=N–C) groups is 1. The van der Waals surface area contributed by atoms with Crippen molar-refractivity contribution in [1.82, 2.24) is 0 Å². The van der Waals surface area contributed by atoms with E-state index in [-0.39, 0.29) is 24.3 Å². The number of hydrogen-bond acceptors (Lipinski definition) is 8. The van der Waals surface area contributed by atoms with Crippen LogP contribution in [0.2, 0.25) is 0 Å². The Labute approximate surface area is 182 Å². The van der Waals surface area contributed by atoms with Crippen LogP contribution in [0.1, 0.15) is 24.1 Å². The number of thioether (sulfide) groups is 1. The van der Waals surface area contributed by atoms with E-state index in [9.17, 15) is 9.59 Å². The van der Waals surface area contributed by atoms with Crippen molar-refractivity contribution in [3.63, 3.8) is 0 Å². The van der Waals surface area contributed by atoms with E-state index in [0.717, 1.165) is 15.4 Å². The van der Waals surface area contributed by atoms with Crippen molar-refractivity contribution in [3.05, 3.63) is 58.5 Å². The summed E-state index contributed by atoms with van der Waals surface area (Å²) < 4.78 is 21.1. The topological polar surface area (TPSA) is 104 Å². The largest absolute Gasteiger partial charge is 0.515 e. The summed E-state index contributed by atoms with van der Waals surface area (Å²) >= 11 is 1.53. The van der Waals surface area contributed by atoms with Gasteiger partial charge in [-0.3, -0.25) is 0 Å². The molecule has 0 aromatic heterocycles. The summed E-state index contributed by atoms with van der Waals surface area (Å²) in [5.41, 5.74) is 2.11. The maximum atomic E-state index is 12.1. The number of fused-ring (bicyclic) bond motifs is 3. The lowest BCUT2D eigenvalue weighted by molar-refractivity contribution is -0.139. The molecule has 2 aromatic rings. The highest BCUT2D eigenvalue weighted by molar-refractivity contribution is 8.03. The van der Waals surface area contributed by atoms with E-state index in [2.05, 4.69) is 4.99 Å². The molecule has 31 heavy (non-hydrogen) atoms. The zero-order valence-corrected chi connectivity index (χ0v) is 17.6. The van der Waals surface area contributed by atoms with Gasteiger partial charge >= 0.3 is 12.1 Å². The first-order chi connectivity index (χ1) is 15.0. The summed E-state index contributed by atoms with van der Waals surface area (Å²) in [6, 6.07) is 12.6. The smallest absolute Gasteiger partial charge is 0.497 e. The van der Waals surface area contributed by atoms with E-state index in [0.29, 0.717) is 16.9 Å². The maximum Gasteiger partial charge on any atom is 0.515 e. The van der Waals surface area contributed by atoms with Crippen LogP contribution < -0.4 is 9.47 Å². The molecule has 8 nitrogen and oxygen atoms in total. The van der Waals surface area contributed by atoms with Crippen molar-refractivity contribution in [2.75, 3.05) is 20.3 Å². The molecule has 1 unspecified atom stereocenters. The third-order valence-corrected chi connectivity index (χ3v) is 5.88. The molecule has 1 atom stereocenters. The number of carboxylic acid groups (broad SMARTS) is 1. The third-order valence-electron chi connectivity index (χ3n) is 4.64. The van der Waals surface area contributed by atoms with Gasteiger partial charge in [-0.25, -0.2) is 14.6 Å². The van der Waals surface area contributed by atoms with Crippen LogP contribution in [0.4, 0.5) is 4.79 Å². The average Bonchev–Trinajstić information content (AvgIpc) is 3.27. The number of aliphatic carboxylic acids is 1. The van der Waals surface area contributed by atoms with Crippen molar-refractivity contribution < 1.29 is 33.6 Å². The second kappa shape index (κ2) is 8.73. The van der Waals surface area contributed by atoms with Crippen LogP contribution in [0.3, 0.4) is 0 Å². The molecule has 0 radical (unpaired) electrons. The molecule has 1 N–H and O–H groups in total. The summed E-state index contributed by atoms with van der Waals surface area (Å²) in [4.78, 5) is 29.7. The van der Waals surface area contributed by atoms with Gasteiger partial charge in [0.25, 0.3) is 0 Å². The number of ether oxygens (including phenoxy) is 4. The minimum atomic E-state index is -1.12. The van der Waals surface area contributed by atoms with Gasteiger partial charge in [0.15, 0.2) is 6.61 Å². The van der Waals surface area contributed by atoms with Crippen LogP contribution in [0.15, 0.2) is 57.3 Å². The van der Waals surface area contributed by atoms with Crippen LogP contribution in [-0.2, 0) is 14.3 Å². The fraction of sp³-hybridized carbons (Fsp3) is 0.227. The second-order valence-electron chi connectivity index (χ2n) is 6.55. The second-order valence-corrected chi connectivity index (χ2v) is 7.63. The standard InChI is InChI=1S/C22H19NO7S/c1-3-28-22(26)30-21-18(20-19(23-21)14-6-4-5-7-16(14)31-20)13-9-8-12(27-2)10-15(13)29-11-17(24)25/h4-10,19H,3,11H2,1-2H3,(H,24,25). The molecule has 4 rings (SSSR count). The van der Waals surface area contributed by atoms with Crippen LogP contribution in [0.5, 0.6) is 11.5 Å². The zero-order valence-electron chi connectivity index (χ0n) is 16.8. The van der Waals surface area contributed by atoms with Crippen molar-refractivity contribution in [1.29, 1.82) is 0 Å². The Morgan fingerprint density at radius 3 is 2.74 bits per heavy atom. The van der Waals surface area contributed by atoms with Crippen LogP contribution >= 0.6 is 11.8 Å². The first-order valence-corrected chi connectivity index (χ1v) is 10.3. The summed E-state index contributed by atoms with van der Waals surface area (Å²) in [6.07, 6.45) is -0.862. The molecule has 0 fully saturated rings. The quantitative estimate of drug-likeness (QED) is 0.662. The van der Waals surface area contributed by atoms with Crippen molar-refractivity contribution in [2.45, 2.75) is 17.9 Å². The van der Waals surface area contributed by atoms with Gasteiger partial charge in [-0.05, 0) is 30.7 Å². The lowest BCUT2D eigenvalue weighted by Gasteiger charge is -2.15. The van der Waals surface area contributed by atoms with E-state index in [1.54, 1.807) is 25.1 Å². The van der Waals surface area contributed by atoms with Crippen LogP contribution in [0.25, 0.3) is 5.57 Å². The highest BCUT2D eigenvalue weighted by atomic mass is 32.2. The minimum absolute atomic E-state index is 0.103. The Hall–Kier alpha value is -3.46. The summed E-state index contributed by atoms with van der Waals surface area (Å²) in [5, 5.41) is 9.07. The normalized spacial score (nSPS) is 16.3. The number of nitrogens with zero attached hydrogens (tertiary/aromatic N) is 1. The molecule has 160 valence electrons. The van der Waals surface area contributed by atoms with Gasteiger partial charge < -0.3 is 24.1 Å². The van der Waals surface area contributed by atoms with Gasteiger partial charge in [-0.1, -0.05) is 30.0 Å². The van der Waals surface area contributed by atoms with Gasteiger partial charge in [0.1, 0.15) is 17.5 Å². The van der Waals surface area contributed by atoms with Crippen LogP contribution in [-0.4, -0.2) is 43.5 Å². The van der Waals surface area contributed by atoms with E-state index >= 15 is 0 Å². The van der Waals surface area contributed by atoms with Crippen molar-refractivity contribution >= 4 is 35.4 Å². The van der Waals surface area contributed by atoms with Crippen molar-refractivity contribution in [2.24, 2.45) is 4.99 Å². The number of benzene rings is 2.